The number of amides is 1. The summed E-state index contributed by atoms with van der Waals surface area (Å²) in [6, 6.07) is 0. The van der Waals surface area contributed by atoms with E-state index < -0.39 is 17.7 Å². The Hall–Kier alpha value is -2.09. The second kappa shape index (κ2) is 7.26. The van der Waals surface area contributed by atoms with Gasteiger partial charge in [-0.2, -0.15) is 0 Å². The van der Waals surface area contributed by atoms with Crippen LogP contribution in [0.4, 0.5) is 9.80 Å². The van der Waals surface area contributed by atoms with Crippen LogP contribution in [0.3, 0.4) is 0 Å². The van der Waals surface area contributed by atoms with Crippen LogP contribution in [0.1, 0.15) is 67.3 Å². The number of nitrogens with two attached hydrogens (primary N) is 1. The summed E-state index contributed by atoms with van der Waals surface area (Å²) in [5.74, 6) is -0.0123. The average molecular weight is 379 g/mol. The Bertz CT molecular complexity index is 744. The quantitative estimate of drug-likeness (QED) is 0.358. The van der Waals surface area contributed by atoms with Crippen LogP contribution in [0.25, 0.3) is 0 Å². The van der Waals surface area contributed by atoms with Crippen molar-refractivity contribution in [2.45, 2.75) is 64.9 Å². The molecule has 2 aliphatic rings. The zero-order chi connectivity index (χ0) is 18.9. The largest absolute Gasteiger partial charge is 0.444 e. The van der Waals surface area contributed by atoms with E-state index in [1.54, 1.807) is 20.8 Å². The molecule has 1 heterocycles. The molecular weight excluding hydrogens is 354 g/mol. The number of ether oxygens (including phenoxy) is 1. The molecular formula is C18H25N3O4S. The smallest absolute Gasteiger partial charge is 0.412 e. The fraction of sp³-hybridized carbons (Fsp3) is 0.611. The Morgan fingerprint density at radius 2 is 1.92 bits per heavy atom. The van der Waals surface area contributed by atoms with E-state index in [0.717, 1.165) is 49.0 Å². The lowest BCUT2D eigenvalue weighted by Gasteiger charge is -2.19. The number of oxime groups is 1. The van der Waals surface area contributed by atoms with Gasteiger partial charge in [-0.15, -0.1) is 11.3 Å². The molecule has 2 aliphatic carbocycles. The molecule has 1 amide bonds. The monoisotopic (exact) mass is 379 g/mol. The fourth-order valence-electron chi connectivity index (χ4n) is 2.86. The second-order valence-electron chi connectivity index (χ2n) is 7.71. The molecule has 7 nitrogen and oxygen atoms in total. The van der Waals surface area contributed by atoms with Crippen LogP contribution in [-0.2, 0) is 22.4 Å². The first-order chi connectivity index (χ1) is 12.2. The van der Waals surface area contributed by atoms with E-state index in [9.17, 15) is 9.59 Å². The molecule has 0 radical (unpaired) electrons. The zero-order valence-corrected chi connectivity index (χ0v) is 16.2. The Kier molecular flexibility index (Phi) is 5.22. The van der Waals surface area contributed by atoms with Crippen LogP contribution in [0.2, 0.25) is 0 Å². The third kappa shape index (κ3) is 4.55. The van der Waals surface area contributed by atoms with Crippen LogP contribution >= 0.6 is 11.3 Å². The van der Waals surface area contributed by atoms with Gasteiger partial charge in [0, 0.05) is 10.8 Å². The van der Waals surface area contributed by atoms with Gasteiger partial charge in [-0.1, -0.05) is 5.16 Å². The van der Waals surface area contributed by atoms with E-state index >= 15 is 0 Å². The van der Waals surface area contributed by atoms with Crippen molar-refractivity contribution in [1.29, 1.82) is 0 Å². The molecule has 0 saturated heterocycles. The van der Waals surface area contributed by atoms with Crippen LogP contribution in [0, 0.1) is 5.92 Å². The Morgan fingerprint density at radius 1 is 1.23 bits per heavy atom. The molecule has 0 aliphatic heterocycles. The van der Waals surface area contributed by atoms with E-state index in [-0.39, 0.29) is 5.92 Å². The van der Waals surface area contributed by atoms with Gasteiger partial charge in [-0.3, -0.25) is 5.32 Å². The normalized spacial score (nSPS) is 17.4. The number of fused-ring (bicyclic) bond motifs is 1. The van der Waals surface area contributed by atoms with Crippen molar-refractivity contribution in [3.8, 4) is 0 Å². The first-order valence-electron chi connectivity index (χ1n) is 8.94. The van der Waals surface area contributed by atoms with Crippen LogP contribution in [0.15, 0.2) is 5.16 Å². The molecule has 3 rings (SSSR count). The van der Waals surface area contributed by atoms with Crippen molar-refractivity contribution in [1.82, 2.24) is 0 Å². The van der Waals surface area contributed by atoms with Gasteiger partial charge in [-0.05, 0) is 64.9 Å². The van der Waals surface area contributed by atoms with Gasteiger partial charge >= 0.3 is 12.1 Å². The van der Waals surface area contributed by atoms with E-state index in [2.05, 4.69) is 10.5 Å². The molecule has 8 heteroatoms. The van der Waals surface area contributed by atoms with Crippen LogP contribution < -0.4 is 11.1 Å². The predicted molar refractivity (Wildman–Crippen MR) is 101 cm³/mol. The molecule has 3 N–H and O–H groups in total. The fourth-order valence-corrected chi connectivity index (χ4v) is 4.12. The summed E-state index contributed by atoms with van der Waals surface area (Å²) in [5.41, 5.74) is 6.49. The zero-order valence-electron chi connectivity index (χ0n) is 15.4. The number of amidine groups is 1. The molecule has 0 atom stereocenters. The van der Waals surface area contributed by atoms with Gasteiger partial charge in [0.1, 0.15) is 22.0 Å². The number of rotatable bonds is 4. The summed E-state index contributed by atoms with van der Waals surface area (Å²) in [4.78, 5) is 31.0. The molecule has 0 spiro atoms. The first kappa shape index (κ1) is 18.7. The number of hydrogen-bond acceptors (Lipinski definition) is 6. The molecule has 0 bridgehead atoms. The van der Waals surface area contributed by atoms with Gasteiger partial charge in [0.2, 0.25) is 0 Å². The molecule has 0 aromatic carbocycles. The number of hydrogen-bond donors (Lipinski definition) is 2. The lowest BCUT2D eigenvalue weighted by Crippen LogP contribution is -2.27. The van der Waals surface area contributed by atoms with Gasteiger partial charge in [0.25, 0.3) is 0 Å². The third-order valence-electron chi connectivity index (χ3n) is 4.22. The summed E-state index contributed by atoms with van der Waals surface area (Å²) < 4.78 is 5.30. The lowest BCUT2D eigenvalue weighted by molar-refractivity contribution is 0.0514. The number of anilines is 1. The highest BCUT2D eigenvalue weighted by Crippen LogP contribution is 2.39. The lowest BCUT2D eigenvalue weighted by atomic mass is 9.95. The highest BCUT2D eigenvalue weighted by Gasteiger charge is 2.30. The summed E-state index contributed by atoms with van der Waals surface area (Å²) in [7, 11) is 0. The van der Waals surface area contributed by atoms with Gasteiger partial charge in [0.15, 0.2) is 0 Å². The predicted octanol–water partition coefficient (Wildman–Crippen LogP) is 3.81. The summed E-state index contributed by atoms with van der Waals surface area (Å²) in [5, 5.41) is 6.94. The van der Waals surface area contributed by atoms with Crippen molar-refractivity contribution in [3.05, 3.63) is 16.0 Å². The topological polar surface area (TPSA) is 103 Å². The van der Waals surface area contributed by atoms with Crippen molar-refractivity contribution in [3.63, 3.8) is 0 Å². The molecule has 1 saturated carbocycles. The molecule has 26 heavy (non-hydrogen) atoms. The van der Waals surface area contributed by atoms with Crippen molar-refractivity contribution in [2.75, 3.05) is 5.32 Å². The van der Waals surface area contributed by atoms with E-state index in [0.29, 0.717) is 16.4 Å². The maximum Gasteiger partial charge on any atom is 0.412 e. The maximum absolute atomic E-state index is 12.6. The summed E-state index contributed by atoms with van der Waals surface area (Å²) >= 11 is 1.41. The summed E-state index contributed by atoms with van der Waals surface area (Å²) in [6.07, 6.45) is 5.12. The van der Waals surface area contributed by atoms with E-state index in [1.807, 2.05) is 0 Å². The number of nitrogens with zero attached hydrogens (tertiary/aromatic N) is 1. The van der Waals surface area contributed by atoms with Crippen molar-refractivity contribution >= 4 is 34.2 Å². The third-order valence-corrected chi connectivity index (χ3v) is 5.43. The second-order valence-corrected chi connectivity index (χ2v) is 8.82. The number of thiophene rings is 1. The SMILES string of the molecule is CC(C)(C)OC(=O)Nc1sc2c(c1C(=O)O/N=C(\N)C1CC1)CCCC2. The maximum atomic E-state index is 12.6. The number of aryl methyl sites for hydroxylation is 1. The van der Waals surface area contributed by atoms with Crippen LogP contribution in [0.5, 0.6) is 0 Å². The first-order valence-corrected chi connectivity index (χ1v) is 9.75. The highest BCUT2D eigenvalue weighted by molar-refractivity contribution is 7.17. The Labute approximate surface area is 156 Å². The van der Waals surface area contributed by atoms with Gasteiger partial charge in [0.05, 0.1) is 0 Å². The molecule has 1 fully saturated rings. The molecule has 142 valence electrons. The van der Waals surface area contributed by atoms with Crippen molar-refractivity contribution in [2.24, 2.45) is 16.8 Å². The minimum atomic E-state index is -0.620. The number of carbonyl (C=O) groups is 2. The Morgan fingerprint density at radius 3 is 2.58 bits per heavy atom. The molecule has 0 unspecified atom stereocenters. The summed E-state index contributed by atoms with van der Waals surface area (Å²) in [6.45, 7) is 5.36. The van der Waals surface area contributed by atoms with Crippen LogP contribution in [-0.4, -0.2) is 23.5 Å². The van der Waals surface area contributed by atoms with E-state index in [4.69, 9.17) is 15.3 Å². The number of carbonyl (C=O) groups excluding carboxylic acids is 2. The van der Waals surface area contributed by atoms with E-state index in [1.165, 1.54) is 11.3 Å². The molecule has 1 aromatic heterocycles. The highest BCUT2D eigenvalue weighted by atomic mass is 32.1. The van der Waals surface area contributed by atoms with Gasteiger partial charge < -0.3 is 15.3 Å². The van der Waals surface area contributed by atoms with Gasteiger partial charge in [-0.25, -0.2) is 9.59 Å². The average Bonchev–Trinajstić information content (AvgIpc) is 3.32. The minimum Gasteiger partial charge on any atom is -0.444 e. The Balaban J connectivity index is 1.82. The standard InChI is InChI=1S/C18H25N3O4S/c1-18(2,3)24-17(23)20-15-13(11-6-4-5-7-12(11)26-15)16(22)25-21-14(19)10-8-9-10/h10H,4-9H2,1-3H3,(H2,19,21)(H,20,23). The molecule has 1 aromatic rings. The minimum absolute atomic E-state index is 0.221. The number of nitrogens with one attached hydrogen (secondary N) is 1. The van der Waals surface area contributed by atoms with Crippen molar-refractivity contribution < 1.29 is 19.2 Å².